The molecule has 1 N–H and O–H groups in total. The summed E-state index contributed by atoms with van der Waals surface area (Å²) in [6.07, 6.45) is 7.10. The van der Waals surface area contributed by atoms with Crippen molar-refractivity contribution in [1.82, 2.24) is 9.80 Å². The van der Waals surface area contributed by atoms with E-state index in [1.165, 1.54) is 23.6 Å². The highest BCUT2D eigenvalue weighted by Crippen LogP contribution is 2.45. The van der Waals surface area contributed by atoms with E-state index in [0.717, 1.165) is 58.0 Å². The molecule has 3 fully saturated rings. The van der Waals surface area contributed by atoms with Gasteiger partial charge in [0.05, 0.1) is 6.54 Å². The third-order valence-corrected chi connectivity index (χ3v) is 7.56. The van der Waals surface area contributed by atoms with E-state index in [0.29, 0.717) is 12.3 Å². The summed E-state index contributed by atoms with van der Waals surface area (Å²) >= 11 is 0. The Kier molecular flexibility index (Phi) is 6.70. The Morgan fingerprint density at radius 3 is 2.50 bits per heavy atom. The maximum atomic E-state index is 12.9. The molecule has 174 valence electrons. The molecule has 0 bridgehead atoms. The van der Waals surface area contributed by atoms with E-state index in [1.807, 2.05) is 9.80 Å². The zero-order valence-electron chi connectivity index (χ0n) is 19.8. The second-order valence-corrected chi connectivity index (χ2v) is 10.2. The number of benzene rings is 1. The van der Waals surface area contributed by atoms with Crippen molar-refractivity contribution in [3.63, 3.8) is 0 Å². The molecule has 6 heteroatoms. The molecular formula is C26H37N3O3. The summed E-state index contributed by atoms with van der Waals surface area (Å²) in [6.45, 7) is 7.55. The lowest BCUT2D eigenvalue weighted by Gasteiger charge is -2.45. The highest BCUT2D eigenvalue weighted by molar-refractivity contribution is 5.98. The van der Waals surface area contributed by atoms with Gasteiger partial charge in [0.1, 0.15) is 11.9 Å². The van der Waals surface area contributed by atoms with Crippen molar-refractivity contribution in [1.29, 1.82) is 0 Å². The largest absolute Gasteiger partial charge is 0.383 e. The van der Waals surface area contributed by atoms with Crippen molar-refractivity contribution < 1.29 is 14.7 Å². The molecule has 6 nitrogen and oxygen atoms in total. The summed E-state index contributed by atoms with van der Waals surface area (Å²) in [5, 5.41) is 9.87. The van der Waals surface area contributed by atoms with E-state index in [4.69, 9.17) is 0 Å². The minimum absolute atomic E-state index is 0.0820. The molecule has 1 aromatic rings. The summed E-state index contributed by atoms with van der Waals surface area (Å²) in [6, 6.07) is 6.93. The molecule has 2 aliphatic heterocycles. The number of aliphatic hydroxyl groups excluding tert-OH is 1. The lowest BCUT2D eigenvalue weighted by atomic mass is 9.74. The van der Waals surface area contributed by atoms with Crippen LogP contribution in [0.25, 0.3) is 0 Å². The Labute approximate surface area is 191 Å². The van der Waals surface area contributed by atoms with Crippen molar-refractivity contribution in [2.45, 2.75) is 89.7 Å². The van der Waals surface area contributed by atoms with Crippen LogP contribution >= 0.6 is 0 Å². The van der Waals surface area contributed by atoms with E-state index in [2.05, 4.69) is 37.0 Å². The first kappa shape index (κ1) is 23.0. The number of nitrogens with zero attached hydrogens (tertiary/aromatic N) is 3. The summed E-state index contributed by atoms with van der Waals surface area (Å²) < 4.78 is 0. The lowest BCUT2D eigenvalue weighted by Crippen LogP contribution is -2.59. The zero-order valence-corrected chi connectivity index (χ0v) is 19.8. The van der Waals surface area contributed by atoms with Crippen molar-refractivity contribution in [2.24, 2.45) is 4.99 Å². The number of piperazine rings is 1. The van der Waals surface area contributed by atoms with Crippen LogP contribution in [0.15, 0.2) is 23.2 Å². The van der Waals surface area contributed by atoms with Gasteiger partial charge in [0.15, 0.2) is 0 Å². The second kappa shape index (κ2) is 9.34. The van der Waals surface area contributed by atoms with Crippen LogP contribution in [0, 0.1) is 13.8 Å². The zero-order chi connectivity index (χ0) is 22.9. The number of rotatable bonds is 4. The van der Waals surface area contributed by atoms with Gasteiger partial charge in [-0.2, -0.15) is 4.99 Å². The first-order valence-corrected chi connectivity index (χ1v) is 12.2. The van der Waals surface area contributed by atoms with Gasteiger partial charge in [0.25, 0.3) is 5.91 Å². The average molecular weight is 440 g/mol. The predicted molar refractivity (Wildman–Crippen MR) is 126 cm³/mol. The van der Waals surface area contributed by atoms with Crippen molar-refractivity contribution in [2.75, 3.05) is 19.6 Å². The average Bonchev–Trinajstić information content (AvgIpc) is 3.22. The molecule has 1 aliphatic carbocycles. The second-order valence-electron chi connectivity index (χ2n) is 10.2. The maximum absolute atomic E-state index is 12.9. The first-order valence-electron chi connectivity index (χ1n) is 12.2. The van der Waals surface area contributed by atoms with Gasteiger partial charge in [-0.3, -0.25) is 9.59 Å². The molecule has 32 heavy (non-hydrogen) atoms. The number of hydrogen-bond donors (Lipinski definition) is 1. The molecule has 2 heterocycles. The van der Waals surface area contributed by atoms with Gasteiger partial charge in [-0.05, 0) is 58.4 Å². The summed E-state index contributed by atoms with van der Waals surface area (Å²) in [4.78, 5) is 33.9. The number of amides is 2. The number of aliphatic hydroxyl groups is 1. The molecule has 2 atom stereocenters. The number of aliphatic imine (C=N–C) groups is 1. The fraction of sp³-hybridized carbons (Fsp3) is 0.654. The van der Waals surface area contributed by atoms with Crippen LogP contribution in [-0.2, 0) is 15.0 Å². The Morgan fingerprint density at radius 2 is 1.84 bits per heavy atom. The summed E-state index contributed by atoms with van der Waals surface area (Å²) in [5.74, 6) is 0.285. The van der Waals surface area contributed by atoms with Crippen LogP contribution in [0.1, 0.15) is 75.0 Å². The fourth-order valence-electron chi connectivity index (χ4n) is 5.93. The number of fused-ring (bicyclic) bond motifs is 1. The first-order chi connectivity index (χ1) is 15.3. The minimum Gasteiger partial charge on any atom is -0.383 e. The molecule has 3 aliphatic rings. The highest BCUT2D eigenvalue weighted by atomic mass is 16.3. The molecular weight excluding hydrogens is 402 g/mol. The number of aryl methyl sites for hydroxylation is 2. The van der Waals surface area contributed by atoms with Crippen LogP contribution in [-0.4, -0.2) is 64.3 Å². The quantitative estimate of drug-likeness (QED) is 0.576. The number of carbonyl (C=O) groups excluding carboxylic acids is 2. The Bertz CT molecular complexity index is 881. The molecule has 2 saturated heterocycles. The Hall–Kier alpha value is -2.21. The molecule has 2 amide bonds. The number of piperidine rings is 1. The molecule has 0 spiro atoms. The van der Waals surface area contributed by atoms with Crippen LogP contribution in [0.2, 0.25) is 0 Å². The molecule has 0 radical (unpaired) electrons. The van der Waals surface area contributed by atoms with Crippen molar-refractivity contribution in [3.8, 4) is 0 Å². The normalized spacial score (nSPS) is 24.4. The Morgan fingerprint density at radius 1 is 1.16 bits per heavy atom. The van der Waals surface area contributed by atoms with E-state index >= 15 is 0 Å². The maximum Gasteiger partial charge on any atom is 0.275 e. The van der Waals surface area contributed by atoms with Crippen LogP contribution < -0.4 is 0 Å². The van der Waals surface area contributed by atoms with E-state index in [9.17, 15) is 14.7 Å². The molecule has 4 rings (SSSR count). The van der Waals surface area contributed by atoms with Gasteiger partial charge in [-0.1, -0.05) is 42.2 Å². The smallest absolute Gasteiger partial charge is 0.275 e. The van der Waals surface area contributed by atoms with Gasteiger partial charge < -0.3 is 14.9 Å². The third-order valence-electron chi connectivity index (χ3n) is 7.56. The number of hydrogen-bond acceptors (Lipinski definition) is 3. The Balaban J connectivity index is 1.68. The highest BCUT2D eigenvalue weighted by Gasteiger charge is 2.41. The van der Waals surface area contributed by atoms with Crippen LogP contribution in [0.4, 0.5) is 0 Å². The van der Waals surface area contributed by atoms with Gasteiger partial charge in [0, 0.05) is 31.0 Å². The standard InChI is InChI=1S/C26H37N3O3/c1-18-12-19(2)14-21(13-18)26(9-5-6-10-26)15-23(27-25(32)20(3)30)28-16-22-8-4-7-11-29(22)24(31)17-28/h12-14,20,22,30H,4-11,15-17H2,1-3H3. The monoisotopic (exact) mass is 439 g/mol. The van der Waals surface area contributed by atoms with Crippen LogP contribution in [0.5, 0.6) is 0 Å². The van der Waals surface area contributed by atoms with Gasteiger partial charge in [-0.15, -0.1) is 0 Å². The van der Waals surface area contributed by atoms with Crippen LogP contribution in [0.3, 0.4) is 0 Å². The summed E-state index contributed by atoms with van der Waals surface area (Å²) in [7, 11) is 0. The topological polar surface area (TPSA) is 73.2 Å². The van der Waals surface area contributed by atoms with Gasteiger partial charge in [-0.25, -0.2) is 0 Å². The van der Waals surface area contributed by atoms with E-state index in [-0.39, 0.29) is 23.9 Å². The lowest BCUT2D eigenvalue weighted by molar-refractivity contribution is -0.139. The predicted octanol–water partition coefficient (Wildman–Crippen LogP) is 3.51. The fourth-order valence-corrected chi connectivity index (χ4v) is 5.93. The molecule has 1 saturated carbocycles. The summed E-state index contributed by atoms with van der Waals surface area (Å²) in [5.41, 5.74) is 3.72. The minimum atomic E-state index is -1.14. The van der Waals surface area contributed by atoms with E-state index in [1.54, 1.807) is 0 Å². The van der Waals surface area contributed by atoms with Crippen molar-refractivity contribution in [3.05, 3.63) is 34.9 Å². The number of amidine groups is 1. The molecule has 2 unspecified atom stereocenters. The molecule has 0 aromatic heterocycles. The van der Waals surface area contributed by atoms with Gasteiger partial charge in [0.2, 0.25) is 5.91 Å². The SMILES string of the molecule is Cc1cc(C)cc(C2(CC(=NC(=O)C(C)O)N3CC(=O)N4CCCCC4C3)CCCC2)c1. The van der Waals surface area contributed by atoms with E-state index < -0.39 is 12.0 Å². The van der Waals surface area contributed by atoms with Crippen molar-refractivity contribution >= 4 is 17.6 Å². The van der Waals surface area contributed by atoms with Gasteiger partial charge >= 0.3 is 0 Å². The third kappa shape index (κ3) is 4.75. The molecule has 1 aromatic carbocycles. The number of carbonyl (C=O) groups is 2.